The van der Waals surface area contributed by atoms with E-state index in [0.29, 0.717) is 0 Å². The number of carbonyl (C=O) groups excluding carboxylic acids is 1. The lowest BCUT2D eigenvalue weighted by Gasteiger charge is -2.46. The molecule has 0 radical (unpaired) electrons. The van der Waals surface area contributed by atoms with Crippen LogP contribution in [0.25, 0.3) is 0 Å². The van der Waals surface area contributed by atoms with Crippen LogP contribution < -0.4 is 26.4 Å². The predicted octanol–water partition coefficient (Wildman–Crippen LogP) is 13.9. The van der Waals surface area contributed by atoms with Gasteiger partial charge in [-0.3, -0.25) is 0 Å². The number of rotatable bonds is 7. The quantitative estimate of drug-likeness (QED) is 0.0690. The standard InChI is InChI=1S/C32H12BF24.C14H11F3NO2/c34-25(35,36)13-1-14(26(37,38)39)6-21(5-13)33(22-7-15(27(40,41)42)2-16(8-22)28(43,44)45,23-9-17(29(46,47)48)3-18(10-23)30(49,50)51)24-11-19(31(52,53)54)4-20(12-24)32(55,56)57;15-14(16,17)20-13(19)12-8-4-5-9-18(12)10-11-6-2-1-3-7-11/h1-12H;1-9H,10H2/q-1;+1. The first kappa shape index (κ1) is 60.8. The number of aromatic nitrogens is 1. The van der Waals surface area contributed by atoms with Crippen molar-refractivity contribution in [2.75, 3.05) is 0 Å². The number of halogens is 27. The molecule has 0 unspecified atom stereocenters. The number of pyridine rings is 1. The Morgan fingerprint density at radius 1 is 0.351 bits per heavy atom. The first-order valence-electron chi connectivity index (χ1n) is 20.4. The van der Waals surface area contributed by atoms with Gasteiger partial charge in [0.25, 0.3) is 5.69 Å². The van der Waals surface area contributed by atoms with Gasteiger partial charge in [0, 0.05) is 17.7 Å². The van der Waals surface area contributed by atoms with E-state index >= 15 is 0 Å². The Bertz CT molecular complexity index is 2650. The summed E-state index contributed by atoms with van der Waals surface area (Å²) in [6.07, 6.45) is -58.3. The van der Waals surface area contributed by atoms with E-state index in [4.69, 9.17) is 0 Å². The highest BCUT2D eigenvalue weighted by Gasteiger charge is 2.47. The van der Waals surface area contributed by atoms with E-state index in [1.54, 1.807) is 6.07 Å². The zero-order valence-corrected chi connectivity index (χ0v) is 36.9. The summed E-state index contributed by atoms with van der Waals surface area (Å²) in [6.45, 7) is 0.282. The molecule has 0 atom stereocenters. The maximum atomic E-state index is 14.2. The van der Waals surface area contributed by atoms with Gasteiger partial charge in [-0.15, -0.1) is 13.2 Å². The Morgan fingerprint density at radius 2 is 0.597 bits per heavy atom. The molecule has 77 heavy (non-hydrogen) atoms. The summed E-state index contributed by atoms with van der Waals surface area (Å²) in [7, 11) is 0. The van der Waals surface area contributed by atoms with Crippen molar-refractivity contribution < 1.29 is 133 Å². The van der Waals surface area contributed by atoms with E-state index in [1.807, 2.05) is 30.3 Å². The van der Waals surface area contributed by atoms with Crippen molar-refractivity contribution in [3.63, 3.8) is 0 Å². The van der Waals surface area contributed by atoms with Crippen LogP contribution in [-0.2, 0) is 60.7 Å². The van der Waals surface area contributed by atoms with Gasteiger partial charge in [-0.2, -0.15) is 132 Å². The molecule has 0 fully saturated rings. The molecule has 0 aliphatic heterocycles. The van der Waals surface area contributed by atoms with Crippen LogP contribution in [0, 0.1) is 0 Å². The summed E-state index contributed by atoms with van der Waals surface area (Å²) in [5.41, 5.74) is -29.5. The van der Waals surface area contributed by atoms with Gasteiger partial charge in [-0.25, -0.2) is 4.79 Å². The molecular weight excluding hydrogens is 1120 g/mol. The second-order valence-electron chi connectivity index (χ2n) is 16.3. The summed E-state index contributed by atoms with van der Waals surface area (Å²) in [4.78, 5) is 11.5. The van der Waals surface area contributed by atoms with Crippen molar-refractivity contribution >= 4 is 34.0 Å². The van der Waals surface area contributed by atoms with Gasteiger partial charge in [0.2, 0.25) is 0 Å². The molecule has 31 heteroatoms. The van der Waals surface area contributed by atoms with Gasteiger partial charge in [0.1, 0.15) is 6.15 Å². The van der Waals surface area contributed by atoms with E-state index in [0.717, 1.165) is 5.56 Å². The molecule has 0 bridgehead atoms. The van der Waals surface area contributed by atoms with E-state index in [1.165, 1.54) is 22.9 Å². The first-order chi connectivity index (χ1) is 34.7. The minimum Gasteiger partial charge on any atom is -0.365 e. The SMILES string of the molecule is FC(F)(F)c1cc([B-](c2cc(C(F)(F)F)cc(C(F)(F)F)c2)(c2cc(C(F)(F)F)cc(C(F)(F)F)c2)c2cc(C(F)(F)F)cc(C(F)(F)F)c2)cc(C(F)(F)F)c1.O=C(OC(F)(F)F)c1cccc[n+]1Cc1ccccc1. The molecule has 5 aromatic carbocycles. The van der Waals surface area contributed by atoms with Crippen LogP contribution >= 0.6 is 0 Å². The Kier molecular flexibility index (Phi) is 16.3. The predicted molar refractivity (Wildman–Crippen MR) is 214 cm³/mol. The molecule has 0 aliphatic rings. The number of esters is 1. The summed E-state index contributed by atoms with van der Waals surface area (Å²) in [5.74, 6) is -1.42. The van der Waals surface area contributed by atoms with Gasteiger partial charge in [-0.05, 0) is 30.3 Å². The number of ether oxygens (including phenoxy) is 1. The molecule has 0 N–H and O–H groups in total. The first-order valence-corrected chi connectivity index (χ1v) is 20.4. The van der Waals surface area contributed by atoms with Gasteiger partial charge in [0.15, 0.2) is 12.7 Å². The Balaban J connectivity index is 0.000000455. The highest BCUT2D eigenvalue weighted by Crippen LogP contribution is 2.41. The number of hydrogen-bond acceptors (Lipinski definition) is 2. The number of nitrogens with zero attached hydrogens (tertiary/aromatic N) is 1. The average molecular weight is 1150 g/mol. The lowest BCUT2D eigenvalue weighted by Crippen LogP contribution is -2.75. The van der Waals surface area contributed by atoms with E-state index in [9.17, 15) is 123 Å². The monoisotopic (exact) mass is 1150 g/mol. The smallest absolute Gasteiger partial charge is 0.365 e. The van der Waals surface area contributed by atoms with E-state index in [2.05, 4.69) is 4.74 Å². The highest BCUT2D eigenvalue weighted by atomic mass is 19.4. The number of benzene rings is 5. The fourth-order valence-corrected chi connectivity index (χ4v) is 7.81. The van der Waals surface area contributed by atoms with Crippen LogP contribution in [0.3, 0.4) is 0 Å². The van der Waals surface area contributed by atoms with Crippen molar-refractivity contribution in [2.45, 2.75) is 62.3 Å². The molecule has 3 nitrogen and oxygen atoms in total. The van der Waals surface area contributed by atoms with Crippen LogP contribution in [0.5, 0.6) is 0 Å². The molecule has 0 aliphatic carbocycles. The molecular formula is C46H23BF27NO2. The van der Waals surface area contributed by atoms with E-state index in [-0.39, 0.29) is 12.2 Å². The molecule has 1 aromatic heterocycles. The zero-order valence-electron chi connectivity index (χ0n) is 36.9. The van der Waals surface area contributed by atoms with Gasteiger partial charge >= 0.3 is 61.7 Å². The molecule has 0 amide bonds. The molecule has 6 rings (SSSR count). The van der Waals surface area contributed by atoms with Crippen LogP contribution in [0.4, 0.5) is 119 Å². The largest absolute Gasteiger partial charge is 0.575 e. The third kappa shape index (κ3) is 14.7. The lowest BCUT2D eigenvalue weighted by atomic mass is 9.12. The minimum absolute atomic E-state index is 0.159. The third-order valence-corrected chi connectivity index (χ3v) is 11.0. The molecule has 6 aromatic rings. The van der Waals surface area contributed by atoms with Crippen molar-refractivity contribution in [1.29, 1.82) is 0 Å². The van der Waals surface area contributed by atoms with Crippen molar-refractivity contribution in [3.05, 3.63) is 183 Å². The van der Waals surface area contributed by atoms with Crippen molar-refractivity contribution in [3.8, 4) is 0 Å². The molecule has 0 saturated carbocycles. The highest BCUT2D eigenvalue weighted by molar-refractivity contribution is 7.20. The van der Waals surface area contributed by atoms with Gasteiger partial charge < -0.3 is 4.74 Å². The maximum Gasteiger partial charge on any atom is 0.575 e. The maximum absolute atomic E-state index is 14.2. The fourth-order valence-electron chi connectivity index (χ4n) is 7.81. The Labute approximate surface area is 412 Å². The van der Waals surface area contributed by atoms with Crippen molar-refractivity contribution in [1.82, 2.24) is 0 Å². The average Bonchev–Trinajstić information content (AvgIpc) is 3.27. The molecule has 1 heterocycles. The van der Waals surface area contributed by atoms with Crippen LogP contribution in [0.1, 0.15) is 60.6 Å². The Hall–Kier alpha value is -7.11. The second-order valence-corrected chi connectivity index (χ2v) is 16.3. The summed E-state index contributed by atoms with van der Waals surface area (Å²) in [6, 6.07) is 4.68. The molecule has 0 spiro atoms. The van der Waals surface area contributed by atoms with Crippen LogP contribution in [-0.4, -0.2) is 18.5 Å². The van der Waals surface area contributed by atoms with E-state index < -0.39 is 207 Å². The minimum atomic E-state index is -6.13. The van der Waals surface area contributed by atoms with Crippen LogP contribution in [0.2, 0.25) is 0 Å². The second kappa shape index (κ2) is 20.7. The summed E-state index contributed by atoms with van der Waals surface area (Å²) >= 11 is 0. The van der Waals surface area contributed by atoms with Gasteiger partial charge in [-0.1, -0.05) is 78.9 Å². The third-order valence-electron chi connectivity index (χ3n) is 11.0. The Morgan fingerprint density at radius 3 is 0.831 bits per heavy atom. The molecule has 416 valence electrons. The summed E-state index contributed by atoms with van der Waals surface area (Å²) < 4.78 is 382. The number of carbonyl (C=O) groups is 1. The fraction of sp³-hybridized carbons (Fsp3) is 0.217. The lowest BCUT2D eigenvalue weighted by molar-refractivity contribution is -0.691. The van der Waals surface area contributed by atoms with Gasteiger partial charge in [0.05, 0.1) is 44.5 Å². The van der Waals surface area contributed by atoms with Crippen LogP contribution in [0.15, 0.2) is 128 Å². The van der Waals surface area contributed by atoms with Crippen molar-refractivity contribution in [2.24, 2.45) is 0 Å². The number of hydrogen-bond donors (Lipinski definition) is 0. The summed E-state index contributed by atoms with van der Waals surface area (Å²) in [5, 5.41) is 0. The normalized spacial score (nSPS) is 13.5. The zero-order chi connectivity index (χ0) is 58.5. The molecule has 0 saturated heterocycles. The topological polar surface area (TPSA) is 30.2 Å². The number of alkyl halides is 27.